The Kier molecular flexibility index (Phi) is 2.23. The SMILES string of the molecule is Cn1ccn(Cc2ccccc2)c1=O. The number of hydrogen-bond acceptors (Lipinski definition) is 1. The molecule has 2 rings (SSSR count). The van der Waals surface area contributed by atoms with Crippen LogP contribution in [-0.2, 0) is 13.6 Å². The Labute approximate surface area is 82.2 Å². The molecule has 0 amide bonds. The van der Waals surface area contributed by atoms with Gasteiger partial charge in [0.25, 0.3) is 0 Å². The lowest BCUT2D eigenvalue weighted by atomic mass is 10.2. The van der Waals surface area contributed by atoms with Crippen molar-refractivity contribution in [2.24, 2.45) is 7.05 Å². The molecule has 0 unspecified atom stereocenters. The molecule has 2 aromatic rings. The highest BCUT2D eigenvalue weighted by Crippen LogP contribution is 1.99. The van der Waals surface area contributed by atoms with Crippen molar-refractivity contribution >= 4 is 0 Å². The van der Waals surface area contributed by atoms with Crippen LogP contribution in [0.2, 0.25) is 0 Å². The molecule has 72 valence electrons. The number of benzene rings is 1. The van der Waals surface area contributed by atoms with Crippen molar-refractivity contribution in [2.45, 2.75) is 6.54 Å². The van der Waals surface area contributed by atoms with Crippen molar-refractivity contribution in [3.05, 3.63) is 58.8 Å². The fraction of sp³-hybridized carbons (Fsp3) is 0.182. The van der Waals surface area contributed by atoms with Crippen LogP contribution in [0.1, 0.15) is 5.56 Å². The summed E-state index contributed by atoms with van der Waals surface area (Å²) in [6.45, 7) is 0.639. The molecule has 0 bridgehead atoms. The van der Waals surface area contributed by atoms with Gasteiger partial charge in [0, 0.05) is 19.4 Å². The van der Waals surface area contributed by atoms with E-state index in [-0.39, 0.29) is 5.69 Å². The normalized spacial score (nSPS) is 10.4. The third-order valence-corrected chi connectivity index (χ3v) is 2.21. The smallest absolute Gasteiger partial charge is 0.302 e. The molecule has 0 atom stereocenters. The van der Waals surface area contributed by atoms with Crippen molar-refractivity contribution in [1.82, 2.24) is 9.13 Å². The van der Waals surface area contributed by atoms with E-state index in [1.807, 2.05) is 30.3 Å². The molecule has 0 spiro atoms. The van der Waals surface area contributed by atoms with Crippen LogP contribution in [0.5, 0.6) is 0 Å². The van der Waals surface area contributed by atoms with Crippen LogP contribution in [0.4, 0.5) is 0 Å². The van der Waals surface area contributed by atoms with E-state index in [0.29, 0.717) is 6.54 Å². The van der Waals surface area contributed by atoms with Gasteiger partial charge in [0.1, 0.15) is 0 Å². The molecule has 3 heteroatoms. The van der Waals surface area contributed by atoms with Gasteiger partial charge in [-0.25, -0.2) is 4.79 Å². The van der Waals surface area contributed by atoms with E-state index in [0.717, 1.165) is 5.56 Å². The van der Waals surface area contributed by atoms with Gasteiger partial charge in [0.05, 0.1) is 6.54 Å². The molecule has 1 aromatic heterocycles. The van der Waals surface area contributed by atoms with Gasteiger partial charge >= 0.3 is 5.69 Å². The predicted octanol–water partition coefficient (Wildman–Crippen LogP) is 1.24. The lowest BCUT2D eigenvalue weighted by Gasteiger charge is -2.00. The Bertz CT molecular complexity index is 468. The number of hydrogen-bond donors (Lipinski definition) is 0. The molecule has 0 saturated heterocycles. The van der Waals surface area contributed by atoms with Gasteiger partial charge in [-0.1, -0.05) is 30.3 Å². The van der Waals surface area contributed by atoms with Gasteiger partial charge in [-0.15, -0.1) is 0 Å². The number of aryl methyl sites for hydroxylation is 1. The maximum absolute atomic E-state index is 11.5. The van der Waals surface area contributed by atoms with E-state index in [1.54, 1.807) is 28.6 Å². The number of nitrogens with zero attached hydrogens (tertiary/aromatic N) is 2. The lowest BCUT2D eigenvalue weighted by Crippen LogP contribution is -2.22. The summed E-state index contributed by atoms with van der Waals surface area (Å²) >= 11 is 0. The standard InChI is InChI=1S/C11H12N2O/c1-12-7-8-13(11(12)14)9-10-5-3-2-4-6-10/h2-8H,9H2,1H3. The maximum atomic E-state index is 11.5. The molecule has 14 heavy (non-hydrogen) atoms. The molecule has 0 saturated carbocycles. The Hall–Kier alpha value is -1.77. The summed E-state index contributed by atoms with van der Waals surface area (Å²) in [6.07, 6.45) is 3.57. The first-order valence-corrected chi connectivity index (χ1v) is 4.53. The Morgan fingerprint density at radius 2 is 1.86 bits per heavy atom. The fourth-order valence-electron chi connectivity index (χ4n) is 1.41. The fourth-order valence-corrected chi connectivity index (χ4v) is 1.41. The summed E-state index contributed by atoms with van der Waals surface area (Å²) in [4.78, 5) is 11.5. The number of imidazole rings is 1. The van der Waals surface area contributed by atoms with Crippen LogP contribution in [-0.4, -0.2) is 9.13 Å². The van der Waals surface area contributed by atoms with Gasteiger partial charge in [0.2, 0.25) is 0 Å². The summed E-state index contributed by atoms with van der Waals surface area (Å²) in [5, 5.41) is 0. The van der Waals surface area contributed by atoms with Crippen LogP contribution in [0.15, 0.2) is 47.5 Å². The van der Waals surface area contributed by atoms with E-state index in [4.69, 9.17) is 0 Å². The summed E-state index contributed by atoms with van der Waals surface area (Å²) in [6, 6.07) is 9.95. The summed E-state index contributed by atoms with van der Waals surface area (Å²) in [5.74, 6) is 0. The van der Waals surface area contributed by atoms with Crippen LogP contribution >= 0.6 is 0 Å². The largest absolute Gasteiger partial charge is 0.328 e. The monoisotopic (exact) mass is 188 g/mol. The van der Waals surface area contributed by atoms with E-state index in [9.17, 15) is 4.79 Å². The molecule has 3 nitrogen and oxygen atoms in total. The first kappa shape index (κ1) is 8.81. The Morgan fingerprint density at radius 3 is 2.43 bits per heavy atom. The Balaban J connectivity index is 2.28. The van der Waals surface area contributed by atoms with Gasteiger partial charge < -0.3 is 4.57 Å². The molecule has 0 aliphatic rings. The second kappa shape index (κ2) is 3.54. The second-order valence-electron chi connectivity index (χ2n) is 3.31. The minimum atomic E-state index is 0.0221. The van der Waals surface area contributed by atoms with Crippen molar-refractivity contribution < 1.29 is 0 Å². The minimum absolute atomic E-state index is 0.0221. The zero-order valence-electron chi connectivity index (χ0n) is 8.05. The summed E-state index contributed by atoms with van der Waals surface area (Å²) in [7, 11) is 1.75. The van der Waals surface area contributed by atoms with E-state index in [2.05, 4.69) is 0 Å². The average molecular weight is 188 g/mol. The molecule has 0 radical (unpaired) electrons. The highest BCUT2D eigenvalue weighted by molar-refractivity contribution is 5.15. The highest BCUT2D eigenvalue weighted by Gasteiger charge is 1.99. The zero-order chi connectivity index (χ0) is 9.97. The summed E-state index contributed by atoms with van der Waals surface area (Å²) < 4.78 is 3.26. The van der Waals surface area contributed by atoms with Crippen LogP contribution < -0.4 is 5.69 Å². The van der Waals surface area contributed by atoms with E-state index >= 15 is 0 Å². The van der Waals surface area contributed by atoms with Gasteiger partial charge in [-0.05, 0) is 5.56 Å². The van der Waals surface area contributed by atoms with Crippen molar-refractivity contribution in [3.8, 4) is 0 Å². The van der Waals surface area contributed by atoms with Crippen molar-refractivity contribution in [1.29, 1.82) is 0 Å². The highest BCUT2D eigenvalue weighted by atomic mass is 16.1. The Morgan fingerprint density at radius 1 is 1.14 bits per heavy atom. The molecule has 0 aliphatic heterocycles. The summed E-state index contributed by atoms with van der Waals surface area (Å²) in [5.41, 5.74) is 1.16. The minimum Gasteiger partial charge on any atom is -0.302 e. The maximum Gasteiger partial charge on any atom is 0.328 e. The van der Waals surface area contributed by atoms with Gasteiger partial charge in [-0.3, -0.25) is 4.57 Å². The molecule has 1 aromatic carbocycles. The van der Waals surface area contributed by atoms with Crippen molar-refractivity contribution in [3.63, 3.8) is 0 Å². The van der Waals surface area contributed by atoms with Gasteiger partial charge in [0.15, 0.2) is 0 Å². The van der Waals surface area contributed by atoms with Crippen LogP contribution in [0, 0.1) is 0 Å². The number of rotatable bonds is 2. The molecule has 0 N–H and O–H groups in total. The first-order chi connectivity index (χ1) is 6.77. The molecule has 1 heterocycles. The van der Waals surface area contributed by atoms with Crippen LogP contribution in [0.25, 0.3) is 0 Å². The zero-order valence-corrected chi connectivity index (χ0v) is 8.05. The third-order valence-electron chi connectivity index (χ3n) is 2.21. The average Bonchev–Trinajstić information content (AvgIpc) is 2.52. The van der Waals surface area contributed by atoms with Crippen molar-refractivity contribution in [2.75, 3.05) is 0 Å². The quantitative estimate of drug-likeness (QED) is 0.696. The van der Waals surface area contributed by atoms with Gasteiger partial charge in [-0.2, -0.15) is 0 Å². The predicted molar refractivity (Wildman–Crippen MR) is 55.2 cm³/mol. The second-order valence-corrected chi connectivity index (χ2v) is 3.31. The molecule has 0 aliphatic carbocycles. The van der Waals surface area contributed by atoms with E-state index < -0.39 is 0 Å². The van der Waals surface area contributed by atoms with Crippen LogP contribution in [0.3, 0.4) is 0 Å². The molecular formula is C11H12N2O. The molecule has 0 fully saturated rings. The first-order valence-electron chi connectivity index (χ1n) is 4.53. The lowest BCUT2D eigenvalue weighted by molar-refractivity contribution is 0.718. The molecular weight excluding hydrogens is 176 g/mol. The van der Waals surface area contributed by atoms with E-state index in [1.165, 1.54) is 0 Å². The topological polar surface area (TPSA) is 26.9 Å². The number of aromatic nitrogens is 2. The third kappa shape index (κ3) is 1.62.